The Kier molecular flexibility index (Phi) is 5.25. The number of carbonyl (C=O) groups excluding carboxylic acids is 1. The quantitative estimate of drug-likeness (QED) is 0.859. The molecule has 1 atom stereocenters. The molecule has 0 radical (unpaired) electrons. The second-order valence-corrected chi connectivity index (χ2v) is 5.64. The van der Waals surface area contributed by atoms with Crippen LogP contribution in [0.25, 0.3) is 0 Å². The van der Waals surface area contributed by atoms with Crippen LogP contribution in [-0.4, -0.2) is 52.9 Å². The maximum absolute atomic E-state index is 13.2. The molecule has 114 valence electrons. The van der Waals surface area contributed by atoms with Crippen molar-refractivity contribution in [3.63, 3.8) is 0 Å². The fraction of sp³-hybridized carbons (Fsp3) is 0.467. The number of rotatable bonds is 4. The topological polar surface area (TPSA) is 49.6 Å². The lowest BCUT2D eigenvalue weighted by molar-refractivity contribution is 0.0611. The molecule has 21 heavy (non-hydrogen) atoms. The van der Waals surface area contributed by atoms with E-state index < -0.39 is 0 Å². The number of thiocarbonyl (C=S) groups is 1. The van der Waals surface area contributed by atoms with Crippen LogP contribution >= 0.6 is 12.2 Å². The van der Waals surface area contributed by atoms with Crippen LogP contribution in [0.4, 0.5) is 4.39 Å². The summed E-state index contributed by atoms with van der Waals surface area (Å²) in [5, 5.41) is 0. The van der Waals surface area contributed by atoms with Gasteiger partial charge >= 0.3 is 0 Å². The van der Waals surface area contributed by atoms with Gasteiger partial charge in [-0.25, -0.2) is 4.39 Å². The van der Waals surface area contributed by atoms with Crippen LogP contribution in [0.3, 0.4) is 0 Å². The summed E-state index contributed by atoms with van der Waals surface area (Å²) in [6.07, 6.45) is 0.868. The lowest BCUT2D eigenvalue weighted by Crippen LogP contribution is -2.54. The Balaban J connectivity index is 1.97. The molecule has 1 saturated heterocycles. The molecule has 0 aliphatic carbocycles. The summed E-state index contributed by atoms with van der Waals surface area (Å²) in [5.74, 6) is -0.517. The number of piperazine rings is 1. The number of hydrogen-bond acceptors (Lipinski definition) is 3. The minimum absolute atomic E-state index is 0.0893. The summed E-state index contributed by atoms with van der Waals surface area (Å²) in [4.78, 5) is 16.8. The molecule has 1 heterocycles. The zero-order valence-electron chi connectivity index (χ0n) is 12.1. The standard InChI is InChI=1S/C15H20FN3OS/c1-2-13(14(17)21)18-6-8-19(9-7-18)15(20)11-4-3-5-12(16)10-11/h3-5,10,13H,2,6-9H2,1H3,(H2,17,21). The van der Waals surface area contributed by atoms with Gasteiger partial charge in [-0.3, -0.25) is 9.69 Å². The highest BCUT2D eigenvalue weighted by atomic mass is 32.1. The van der Waals surface area contributed by atoms with Crippen molar-refractivity contribution in [1.29, 1.82) is 0 Å². The van der Waals surface area contributed by atoms with E-state index in [0.29, 0.717) is 23.6 Å². The highest BCUT2D eigenvalue weighted by Gasteiger charge is 2.27. The van der Waals surface area contributed by atoms with Crippen molar-refractivity contribution < 1.29 is 9.18 Å². The molecule has 1 unspecified atom stereocenters. The van der Waals surface area contributed by atoms with Crippen LogP contribution in [0, 0.1) is 5.82 Å². The van der Waals surface area contributed by atoms with Crippen LogP contribution in [0.5, 0.6) is 0 Å². The first-order chi connectivity index (χ1) is 10.0. The number of halogens is 1. The van der Waals surface area contributed by atoms with E-state index in [1.54, 1.807) is 17.0 Å². The maximum atomic E-state index is 13.2. The van der Waals surface area contributed by atoms with Crippen molar-refractivity contribution in [2.24, 2.45) is 5.73 Å². The molecular formula is C15H20FN3OS. The zero-order chi connectivity index (χ0) is 15.4. The minimum atomic E-state index is -0.390. The molecule has 1 amide bonds. The van der Waals surface area contributed by atoms with Gasteiger partial charge in [-0.1, -0.05) is 25.2 Å². The highest BCUT2D eigenvalue weighted by molar-refractivity contribution is 7.80. The fourth-order valence-corrected chi connectivity index (χ4v) is 3.00. The van der Waals surface area contributed by atoms with Gasteiger partial charge in [-0.2, -0.15) is 0 Å². The Morgan fingerprint density at radius 1 is 1.38 bits per heavy atom. The van der Waals surface area contributed by atoms with E-state index in [1.807, 2.05) is 6.92 Å². The first-order valence-electron chi connectivity index (χ1n) is 7.11. The Morgan fingerprint density at radius 3 is 2.57 bits per heavy atom. The van der Waals surface area contributed by atoms with Gasteiger partial charge < -0.3 is 10.6 Å². The second-order valence-electron chi connectivity index (χ2n) is 5.16. The molecule has 1 aliphatic rings. The summed E-state index contributed by atoms with van der Waals surface area (Å²) in [6, 6.07) is 5.90. The molecule has 4 nitrogen and oxygen atoms in total. The van der Waals surface area contributed by atoms with E-state index in [1.165, 1.54) is 12.1 Å². The normalized spacial score (nSPS) is 17.5. The molecular weight excluding hydrogens is 289 g/mol. The fourth-order valence-electron chi connectivity index (χ4n) is 2.68. The number of carbonyl (C=O) groups is 1. The SMILES string of the molecule is CCC(C(N)=S)N1CCN(C(=O)c2cccc(F)c2)CC1. The molecule has 2 N–H and O–H groups in total. The Morgan fingerprint density at radius 2 is 2.05 bits per heavy atom. The van der Waals surface area contributed by atoms with Gasteiger partial charge in [0, 0.05) is 31.7 Å². The number of nitrogens with zero attached hydrogens (tertiary/aromatic N) is 2. The maximum Gasteiger partial charge on any atom is 0.254 e. The number of hydrogen-bond donors (Lipinski definition) is 1. The van der Waals surface area contributed by atoms with Crippen molar-refractivity contribution in [1.82, 2.24) is 9.80 Å². The Hall–Kier alpha value is -1.53. The van der Waals surface area contributed by atoms with E-state index in [0.717, 1.165) is 19.5 Å². The monoisotopic (exact) mass is 309 g/mol. The lowest BCUT2D eigenvalue weighted by atomic mass is 10.1. The van der Waals surface area contributed by atoms with Gasteiger partial charge in [-0.05, 0) is 24.6 Å². The Bertz CT molecular complexity index is 529. The summed E-state index contributed by atoms with van der Waals surface area (Å²) < 4.78 is 13.2. The predicted molar refractivity (Wildman–Crippen MR) is 84.7 cm³/mol. The van der Waals surface area contributed by atoms with Crippen molar-refractivity contribution in [2.45, 2.75) is 19.4 Å². The molecule has 1 aromatic carbocycles. The molecule has 1 aliphatic heterocycles. The molecule has 6 heteroatoms. The van der Waals surface area contributed by atoms with Crippen LogP contribution in [-0.2, 0) is 0 Å². The molecule has 0 bridgehead atoms. The van der Waals surface area contributed by atoms with E-state index in [-0.39, 0.29) is 17.8 Å². The van der Waals surface area contributed by atoms with E-state index in [9.17, 15) is 9.18 Å². The molecule has 0 saturated carbocycles. The molecule has 0 spiro atoms. The van der Waals surface area contributed by atoms with Gasteiger partial charge in [0.1, 0.15) is 5.82 Å². The number of nitrogens with two attached hydrogens (primary N) is 1. The first kappa shape index (κ1) is 15.9. The van der Waals surface area contributed by atoms with Crippen LogP contribution in [0.15, 0.2) is 24.3 Å². The summed E-state index contributed by atoms with van der Waals surface area (Å²) in [5.41, 5.74) is 6.14. The van der Waals surface area contributed by atoms with Crippen molar-refractivity contribution in [3.05, 3.63) is 35.6 Å². The van der Waals surface area contributed by atoms with E-state index in [2.05, 4.69) is 4.90 Å². The largest absolute Gasteiger partial charge is 0.392 e. The number of benzene rings is 1. The van der Waals surface area contributed by atoms with Gasteiger partial charge in [0.15, 0.2) is 0 Å². The van der Waals surface area contributed by atoms with Gasteiger partial charge in [0.25, 0.3) is 5.91 Å². The van der Waals surface area contributed by atoms with E-state index in [4.69, 9.17) is 18.0 Å². The minimum Gasteiger partial charge on any atom is -0.392 e. The van der Waals surface area contributed by atoms with Gasteiger partial charge in [-0.15, -0.1) is 0 Å². The second kappa shape index (κ2) is 6.95. The molecule has 1 fully saturated rings. The van der Waals surface area contributed by atoms with E-state index >= 15 is 0 Å². The Labute approximate surface area is 129 Å². The first-order valence-corrected chi connectivity index (χ1v) is 7.52. The molecule has 0 aromatic heterocycles. The zero-order valence-corrected chi connectivity index (χ0v) is 12.9. The molecule has 1 aromatic rings. The lowest BCUT2D eigenvalue weighted by Gasteiger charge is -2.38. The summed E-state index contributed by atoms with van der Waals surface area (Å²) in [6.45, 7) is 4.73. The van der Waals surface area contributed by atoms with Crippen molar-refractivity contribution >= 4 is 23.1 Å². The van der Waals surface area contributed by atoms with Crippen LogP contribution in [0.2, 0.25) is 0 Å². The molecule has 2 rings (SSSR count). The van der Waals surface area contributed by atoms with Gasteiger partial charge in [0.05, 0.1) is 11.0 Å². The smallest absolute Gasteiger partial charge is 0.254 e. The van der Waals surface area contributed by atoms with Crippen molar-refractivity contribution in [3.8, 4) is 0 Å². The van der Waals surface area contributed by atoms with Crippen LogP contribution in [0.1, 0.15) is 23.7 Å². The van der Waals surface area contributed by atoms with Gasteiger partial charge in [0.2, 0.25) is 0 Å². The third-order valence-electron chi connectivity index (χ3n) is 3.83. The highest BCUT2D eigenvalue weighted by Crippen LogP contribution is 2.13. The summed E-state index contributed by atoms with van der Waals surface area (Å²) in [7, 11) is 0. The van der Waals surface area contributed by atoms with Crippen LogP contribution < -0.4 is 5.73 Å². The average Bonchev–Trinajstić information content (AvgIpc) is 2.47. The average molecular weight is 309 g/mol. The predicted octanol–water partition coefficient (Wildman–Crippen LogP) is 1.65. The third kappa shape index (κ3) is 3.77. The number of amides is 1. The third-order valence-corrected chi connectivity index (χ3v) is 4.10. The summed E-state index contributed by atoms with van der Waals surface area (Å²) >= 11 is 5.08. The van der Waals surface area contributed by atoms with Crippen molar-refractivity contribution in [2.75, 3.05) is 26.2 Å².